The molecule has 1 amide bonds. The molecule has 0 unspecified atom stereocenters. The second-order valence-corrected chi connectivity index (χ2v) is 5.88. The Kier molecular flexibility index (Phi) is 5.82. The van der Waals surface area contributed by atoms with Gasteiger partial charge < -0.3 is 20.8 Å². The van der Waals surface area contributed by atoms with Gasteiger partial charge in [-0.1, -0.05) is 12.1 Å². The molecule has 5 heteroatoms. The number of phenolic OH excluding ortho intramolecular Hbond substituents is 1. The lowest BCUT2D eigenvalue weighted by molar-refractivity contribution is 0.0944. The Morgan fingerprint density at radius 3 is 2.54 bits per heavy atom. The molecule has 0 saturated carbocycles. The summed E-state index contributed by atoms with van der Waals surface area (Å²) in [6.07, 6.45) is 0. The second kappa shape index (κ2) is 7.84. The topological polar surface area (TPSA) is 81.6 Å². The zero-order chi connectivity index (χ0) is 17.7. The van der Waals surface area contributed by atoms with E-state index in [0.717, 1.165) is 27.9 Å². The van der Waals surface area contributed by atoms with E-state index in [0.29, 0.717) is 12.1 Å². The van der Waals surface area contributed by atoms with E-state index in [1.807, 2.05) is 39.0 Å². The molecule has 5 nitrogen and oxygen atoms in total. The van der Waals surface area contributed by atoms with Crippen LogP contribution in [0.4, 0.5) is 5.69 Å². The molecule has 0 saturated heterocycles. The monoisotopic (exact) mass is 328 g/mol. The number of aliphatic hydroxyl groups excluding tert-OH is 1. The summed E-state index contributed by atoms with van der Waals surface area (Å²) in [4.78, 5) is 12.1. The van der Waals surface area contributed by atoms with Crippen molar-refractivity contribution in [3.05, 3.63) is 58.1 Å². The van der Waals surface area contributed by atoms with Crippen LogP contribution in [0.15, 0.2) is 30.3 Å². The molecule has 0 fully saturated rings. The molecule has 128 valence electrons. The lowest BCUT2D eigenvalue weighted by Gasteiger charge is -2.15. The fraction of sp³-hybridized carbons (Fsp3) is 0.316. The molecule has 0 bridgehead atoms. The van der Waals surface area contributed by atoms with Gasteiger partial charge in [-0.3, -0.25) is 4.79 Å². The molecule has 0 aliphatic heterocycles. The van der Waals surface area contributed by atoms with Gasteiger partial charge in [0.25, 0.3) is 5.91 Å². The normalized spacial score (nSPS) is 10.5. The minimum atomic E-state index is -0.209. The molecule has 24 heavy (non-hydrogen) atoms. The van der Waals surface area contributed by atoms with Crippen LogP contribution in [0.3, 0.4) is 0 Å². The van der Waals surface area contributed by atoms with Gasteiger partial charge in [-0.25, -0.2) is 0 Å². The summed E-state index contributed by atoms with van der Waals surface area (Å²) in [7, 11) is 0. The molecule has 0 heterocycles. The molecule has 0 atom stereocenters. The summed E-state index contributed by atoms with van der Waals surface area (Å²) in [5.41, 5.74) is 5.22. The number of anilines is 1. The van der Waals surface area contributed by atoms with Crippen LogP contribution in [-0.2, 0) is 6.54 Å². The quantitative estimate of drug-likeness (QED) is 0.657. The van der Waals surface area contributed by atoms with E-state index >= 15 is 0 Å². The summed E-state index contributed by atoms with van der Waals surface area (Å²) in [5.74, 6) is 0.0549. The van der Waals surface area contributed by atoms with E-state index in [1.54, 1.807) is 12.1 Å². The zero-order valence-corrected chi connectivity index (χ0v) is 14.3. The number of amides is 1. The predicted octanol–water partition coefficient (Wildman–Crippen LogP) is 2.65. The molecule has 0 spiro atoms. The van der Waals surface area contributed by atoms with Crippen LogP contribution in [0.2, 0.25) is 0 Å². The number of hydrogen-bond donors (Lipinski definition) is 4. The average Bonchev–Trinajstić information content (AvgIpc) is 2.55. The maximum atomic E-state index is 12.1. The average molecular weight is 328 g/mol. The SMILES string of the molecule is Cc1cc(O)c(CNc2cccc(C(=O)NCCO)c2C)cc1C. The first-order valence-electron chi connectivity index (χ1n) is 7.95. The van der Waals surface area contributed by atoms with Crippen molar-refractivity contribution < 1.29 is 15.0 Å². The molecule has 2 rings (SSSR count). The standard InChI is InChI=1S/C19H24N2O3/c1-12-9-15(18(23)10-13(12)2)11-21-17-6-4-5-16(14(17)3)19(24)20-7-8-22/h4-6,9-10,21-23H,7-8,11H2,1-3H3,(H,20,24). The smallest absolute Gasteiger partial charge is 0.251 e. The molecule has 0 aromatic heterocycles. The second-order valence-electron chi connectivity index (χ2n) is 5.88. The highest BCUT2D eigenvalue weighted by Gasteiger charge is 2.12. The summed E-state index contributed by atoms with van der Waals surface area (Å²) in [5, 5.41) is 24.8. The van der Waals surface area contributed by atoms with Crippen LogP contribution in [0, 0.1) is 20.8 Å². The molecule has 0 aliphatic rings. The number of benzene rings is 2. The molecular weight excluding hydrogens is 304 g/mol. The summed E-state index contributed by atoms with van der Waals surface area (Å²) in [6, 6.07) is 9.18. The van der Waals surface area contributed by atoms with E-state index in [-0.39, 0.29) is 24.8 Å². The van der Waals surface area contributed by atoms with Crippen molar-refractivity contribution in [2.75, 3.05) is 18.5 Å². The molecule has 0 radical (unpaired) electrons. The molecule has 4 N–H and O–H groups in total. The van der Waals surface area contributed by atoms with Crippen molar-refractivity contribution in [1.82, 2.24) is 5.32 Å². The first-order valence-corrected chi connectivity index (χ1v) is 7.95. The van der Waals surface area contributed by atoms with Crippen LogP contribution in [0.5, 0.6) is 5.75 Å². The van der Waals surface area contributed by atoms with Crippen LogP contribution in [0.25, 0.3) is 0 Å². The molecular formula is C19H24N2O3. The van der Waals surface area contributed by atoms with Crippen molar-refractivity contribution >= 4 is 11.6 Å². The van der Waals surface area contributed by atoms with Crippen molar-refractivity contribution in [2.45, 2.75) is 27.3 Å². The highest BCUT2D eigenvalue weighted by molar-refractivity contribution is 5.97. The van der Waals surface area contributed by atoms with Gasteiger partial charge in [0.2, 0.25) is 0 Å². The van der Waals surface area contributed by atoms with E-state index in [9.17, 15) is 9.90 Å². The van der Waals surface area contributed by atoms with Crippen molar-refractivity contribution in [2.24, 2.45) is 0 Å². The number of hydrogen-bond acceptors (Lipinski definition) is 4. The number of carbonyl (C=O) groups is 1. The van der Waals surface area contributed by atoms with E-state index < -0.39 is 0 Å². The lowest BCUT2D eigenvalue weighted by atomic mass is 10.0. The van der Waals surface area contributed by atoms with E-state index in [1.165, 1.54) is 0 Å². The van der Waals surface area contributed by atoms with E-state index in [4.69, 9.17) is 5.11 Å². The summed E-state index contributed by atoms with van der Waals surface area (Å²) >= 11 is 0. The minimum absolute atomic E-state index is 0.0885. The Bertz CT molecular complexity index is 742. The maximum Gasteiger partial charge on any atom is 0.251 e. The third-order valence-electron chi connectivity index (χ3n) is 4.14. The Morgan fingerprint density at radius 2 is 1.83 bits per heavy atom. The number of rotatable bonds is 6. The first kappa shape index (κ1) is 17.8. The number of carbonyl (C=O) groups excluding carboxylic acids is 1. The van der Waals surface area contributed by atoms with Gasteiger partial charge in [-0.05, 0) is 55.7 Å². The maximum absolute atomic E-state index is 12.1. The van der Waals surface area contributed by atoms with Crippen molar-refractivity contribution in [3.8, 4) is 5.75 Å². The first-order chi connectivity index (χ1) is 11.4. The van der Waals surface area contributed by atoms with Crippen LogP contribution in [-0.4, -0.2) is 29.3 Å². The van der Waals surface area contributed by atoms with Gasteiger partial charge in [0.15, 0.2) is 0 Å². The lowest BCUT2D eigenvalue weighted by Crippen LogP contribution is -2.27. The molecule has 0 aliphatic carbocycles. The zero-order valence-electron chi connectivity index (χ0n) is 14.3. The number of aromatic hydroxyl groups is 1. The van der Waals surface area contributed by atoms with Gasteiger partial charge in [0.05, 0.1) is 6.61 Å². The Hall–Kier alpha value is -2.53. The van der Waals surface area contributed by atoms with Gasteiger partial charge >= 0.3 is 0 Å². The number of aliphatic hydroxyl groups is 1. The fourth-order valence-corrected chi connectivity index (χ4v) is 2.53. The van der Waals surface area contributed by atoms with Gasteiger partial charge in [0, 0.05) is 29.9 Å². The third-order valence-corrected chi connectivity index (χ3v) is 4.14. The van der Waals surface area contributed by atoms with Gasteiger partial charge in [-0.15, -0.1) is 0 Å². The third kappa shape index (κ3) is 4.06. The van der Waals surface area contributed by atoms with Crippen molar-refractivity contribution in [3.63, 3.8) is 0 Å². The Balaban J connectivity index is 2.16. The number of nitrogens with one attached hydrogen (secondary N) is 2. The largest absolute Gasteiger partial charge is 0.508 e. The highest BCUT2D eigenvalue weighted by atomic mass is 16.3. The van der Waals surface area contributed by atoms with Gasteiger partial charge in [0.1, 0.15) is 5.75 Å². The number of aryl methyl sites for hydroxylation is 2. The fourth-order valence-electron chi connectivity index (χ4n) is 2.53. The Labute approximate surface area is 142 Å². The number of phenols is 1. The van der Waals surface area contributed by atoms with Crippen LogP contribution in [0.1, 0.15) is 32.6 Å². The van der Waals surface area contributed by atoms with Crippen LogP contribution < -0.4 is 10.6 Å². The van der Waals surface area contributed by atoms with Gasteiger partial charge in [-0.2, -0.15) is 0 Å². The Morgan fingerprint density at radius 1 is 1.12 bits per heavy atom. The minimum Gasteiger partial charge on any atom is -0.508 e. The summed E-state index contributed by atoms with van der Waals surface area (Å²) in [6.45, 7) is 6.45. The predicted molar refractivity (Wildman–Crippen MR) is 95.5 cm³/mol. The molecule has 2 aromatic rings. The van der Waals surface area contributed by atoms with Crippen LogP contribution >= 0.6 is 0 Å². The van der Waals surface area contributed by atoms with E-state index in [2.05, 4.69) is 10.6 Å². The highest BCUT2D eigenvalue weighted by Crippen LogP contribution is 2.24. The van der Waals surface area contributed by atoms with Crippen molar-refractivity contribution in [1.29, 1.82) is 0 Å². The molecule has 2 aromatic carbocycles. The summed E-state index contributed by atoms with van der Waals surface area (Å²) < 4.78 is 0.